The van der Waals surface area contributed by atoms with Gasteiger partial charge >= 0.3 is 0 Å². The topological polar surface area (TPSA) is 17.8 Å². The Bertz CT molecular complexity index is 434. The molecule has 0 atom stereocenters. The van der Waals surface area contributed by atoms with Crippen molar-refractivity contribution < 1.29 is 0 Å². The molecule has 1 heterocycles. The zero-order chi connectivity index (χ0) is 10.7. The van der Waals surface area contributed by atoms with E-state index in [-0.39, 0.29) is 0 Å². The van der Waals surface area contributed by atoms with Crippen LogP contribution in [0.3, 0.4) is 0 Å². The number of hydrogen-bond acceptors (Lipinski definition) is 1. The van der Waals surface area contributed by atoms with E-state index in [9.17, 15) is 0 Å². The molecule has 0 aliphatic rings. The normalized spacial score (nSPS) is 10.5. The lowest BCUT2D eigenvalue weighted by atomic mass is 10.1. The van der Waals surface area contributed by atoms with Crippen LogP contribution in [-0.4, -0.2) is 9.55 Å². The van der Waals surface area contributed by atoms with E-state index in [0.717, 1.165) is 23.4 Å². The van der Waals surface area contributed by atoms with Crippen LogP contribution in [0.5, 0.6) is 0 Å². The van der Waals surface area contributed by atoms with Crippen LogP contribution >= 0.6 is 15.9 Å². The number of aromatic nitrogens is 2. The second-order valence-electron chi connectivity index (χ2n) is 3.40. The van der Waals surface area contributed by atoms with Crippen LogP contribution in [0.2, 0.25) is 0 Å². The molecule has 0 radical (unpaired) electrons. The van der Waals surface area contributed by atoms with E-state index in [0.29, 0.717) is 0 Å². The minimum atomic E-state index is 0.889. The van der Waals surface area contributed by atoms with Gasteiger partial charge in [-0.3, -0.25) is 0 Å². The van der Waals surface area contributed by atoms with Gasteiger partial charge in [-0.15, -0.1) is 0 Å². The van der Waals surface area contributed by atoms with Crippen LogP contribution in [0, 0.1) is 0 Å². The largest absolute Gasteiger partial charge is 0.323 e. The Hall–Kier alpha value is -1.09. The first-order valence-corrected chi connectivity index (χ1v) is 5.84. The Balaban J connectivity index is 2.25. The third-order valence-electron chi connectivity index (χ3n) is 2.41. The number of rotatable bonds is 3. The molecule has 0 saturated carbocycles. The van der Waals surface area contributed by atoms with Crippen molar-refractivity contribution in [1.29, 1.82) is 0 Å². The van der Waals surface area contributed by atoms with Gasteiger partial charge in [-0.25, -0.2) is 4.98 Å². The predicted molar refractivity (Wildman–Crippen MR) is 64.8 cm³/mol. The van der Waals surface area contributed by atoms with Crippen LogP contribution in [0.4, 0.5) is 0 Å². The average Bonchev–Trinajstić information content (AvgIpc) is 2.61. The van der Waals surface area contributed by atoms with Crippen molar-refractivity contribution >= 4 is 15.9 Å². The second kappa shape index (κ2) is 4.62. The third kappa shape index (κ3) is 2.29. The molecule has 78 valence electrons. The maximum atomic E-state index is 4.40. The molecule has 0 saturated heterocycles. The number of halogens is 1. The zero-order valence-electron chi connectivity index (χ0n) is 8.65. The van der Waals surface area contributed by atoms with E-state index in [1.54, 1.807) is 0 Å². The minimum Gasteiger partial charge on any atom is -0.323 e. The maximum Gasteiger partial charge on any atom is 0.113 e. The summed E-state index contributed by atoms with van der Waals surface area (Å²) in [7, 11) is 0. The summed E-state index contributed by atoms with van der Waals surface area (Å²) in [5, 5.41) is 0. The van der Waals surface area contributed by atoms with Gasteiger partial charge in [-0.2, -0.15) is 0 Å². The van der Waals surface area contributed by atoms with Gasteiger partial charge in [0.1, 0.15) is 10.4 Å². The minimum absolute atomic E-state index is 0.889. The lowest BCUT2D eigenvalue weighted by molar-refractivity contribution is 0.699. The SMILES string of the molecule is CCn1c(Br)cnc1Cc1ccccc1. The van der Waals surface area contributed by atoms with Crippen molar-refractivity contribution in [2.75, 3.05) is 0 Å². The van der Waals surface area contributed by atoms with Gasteiger partial charge in [0.15, 0.2) is 0 Å². The molecule has 0 aliphatic heterocycles. The third-order valence-corrected chi connectivity index (χ3v) is 3.04. The van der Waals surface area contributed by atoms with E-state index in [4.69, 9.17) is 0 Å². The van der Waals surface area contributed by atoms with Gasteiger partial charge in [-0.05, 0) is 28.4 Å². The van der Waals surface area contributed by atoms with Gasteiger partial charge in [-0.1, -0.05) is 30.3 Å². The maximum absolute atomic E-state index is 4.40. The van der Waals surface area contributed by atoms with E-state index in [2.05, 4.69) is 56.7 Å². The van der Waals surface area contributed by atoms with Crippen LogP contribution in [0.1, 0.15) is 18.3 Å². The van der Waals surface area contributed by atoms with Crippen LogP contribution in [0.25, 0.3) is 0 Å². The number of hydrogen-bond donors (Lipinski definition) is 0. The van der Waals surface area contributed by atoms with E-state index in [1.165, 1.54) is 5.56 Å². The molecule has 0 aliphatic carbocycles. The fourth-order valence-electron chi connectivity index (χ4n) is 1.64. The van der Waals surface area contributed by atoms with E-state index >= 15 is 0 Å². The van der Waals surface area contributed by atoms with Gasteiger partial charge < -0.3 is 4.57 Å². The molecule has 2 aromatic rings. The molecule has 0 amide bonds. The Morgan fingerprint density at radius 1 is 1.27 bits per heavy atom. The molecule has 0 fully saturated rings. The quantitative estimate of drug-likeness (QED) is 0.832. The number of imidazole rings is 1. The number of benzene rings is 1. The van der Waals surface area contributed by atoms with Gasteiger partial charge in [0, 0.05) is 13.0 Å². The molecule has 0 N–H and O–H groups in total. The summed E-state index contributed by atoms with van der Waals surface area (Å²) < 4.78 is 3.23. The molecule has 2 rings (SSSR count). The van der Waals surface area contributed by atoms with Crippen molar-refractivity contribution in [3.05, 3.63) is 52.5 Å². The highest BCUT2D eigenvalue weighted by atomic mass is 79.9. The monoisotopic (exact) mass is 264 g/mol. The number of nitrogens with zero attached hydrogens (tertiary/aromatic N) is 2. The average molecular weight is 265 g/mol. The highest BCUT2D eigenvalue weighted by Gasteiger charge is 2.06. The van der Waals surface area contributed by atoms with Crippen molar-refractivity contribution in [1.82, 2.24) is 9.55 Å². The van der Waals surface area contributed by atoms with Gasteiger partial charge in [0.05, 0.1) is 6.20 Å². The summed E-state index contributed by atoms with van der Waals surface area (Å²) in [5.74, 6) is 1.11. The molecule has 2 nitrogen and oxygen atoms in total. The molecule has 1 aromatic carbocycles. The molecule has 15 heavy (non-hydrogen) atoms. The molecule has 0 spiro atoms. The highest BCUT2D eigenvalue weighted by Crippen LogP contribution is 2.15. The first-order valence-electron chi connectivity index (χ1n) is 5.05. The van der Waals surface area contributed by atoms with Gasteiger partial charge in [0.2, 0.25) is 0 Å². The van der Waals surface area contributed by atoms with Crippen molar-refractivity contribution in [2.24, 2.45) is 0 Å². The van der Waals surface area contributed by atoms with Crippen molar-refractivity contribution in [2.45, 2.75) is 19.9 Å². The Kier molecular flexibility index (Phi) is 3.21. The highest BCUT2D eigenvalue weighted by molar-refractivity contribution is 9.10. The summed E-state index contributed by atoms with van der Waals surface area (Å²) >= 11 is 3.49. The molecular formula is C12H13BrN2. The zero-order valence-corrected chi connectivity index (χ0v) is 10.2. The van der Waals surface area contributed by atoms with Crippen molar-refractivity contribution in [3.8, 4) is 0 Å². The molecule has 0 bridgehead atoms. The van der Waals surface area contributed by atoms with Gasteiger partial charge in [0.25, 0.3) is 0 Å². The van der Waals surface area contributed by atoms with E-state index < -0.39 is 0 Å². The second-order valence-corrected chi connectivity index (χ2v) is 4.22. The predicted octanol–water partition coefficient (Wildman–Crippen LogP) is 3.26. The summed E-state index contributed by atoms with van der Waals surface area (Å²) in [5.41, 5.74) is 1.30. The Morgan fingerprint density at radius 3 is 2.67 bits per heavy atom. The summed E-state index contributed by atoms with van der Waals surface area (Å²) in [6.45, 7) is 3.07. The smallest absolute Gasteiger partial charge is 0.113 e. The lowest BCUT2D eigenvalue weighted by Crippen LogP contribution is -2.02. The standard InChI is InChI=1S/C12H13BrN2/c1-2-15-11(13)9-14-12(15)8-10-6-4-3-5-7-10/h3-7,9H,2,8H2,1H3. The molecule has 3 heteroatoms. The molecule has 1 aromatic heterocycles. The Labute approximate surface area is 98.1 Å². The van der Waals surface area contributed by atoms with Crippen molar-refractivity contribution in [3.63, 3.8) is 0 Å². The summed E-state index contributed by atoms with van der Waals surface area (Å²) in [6.07, 6.45) is 2.75. The van der Waals surface area contributed by atoms with Crippen LogP contribution in [-0.2, 0) is 13.0 Å². The first-order chi connectivity index (χ1) is 7.31. The lowest BCUT2D eigenvalue weighted by Gasteiger charge is -2.05. The fraction of sp³-hybridized carbons (Fsp3) is 0.250. The molecule has 0 unspecified atom stereocenters. The van der Waals surface area contributed by atoms with Crippen LogP contribution in [0.15, 0.2) is 41.1 Å². The van der Waals surface area contributed by atoms with E-state index in [1.807, 2.05) is 12.3 Å². The molecular weight excluding hydrogens is 252 g/mol. The fourth-order valence-corrected chi connectivity index (χ4v) is 2.20. The summed E-state index contributed by atoms with van der Waals surface area (Å²) in [6, 6.07) is 10.4. The Morgan fingerprint density at radius 2 is 2.00 bits per heavy atom. The summed E-state index contributed by atoms with van der Waals surface area (Å²) in [4.78, 5) is 4.40. The van der Waals surface area contributed by atoms with Crippen LogP contribution < -0.4 is 0 Å². The first kappa shape index (κ1) is 10.4.